The lowest BCUT2D eigenvalue weighted by atomic mass is 10.1. The Morgan fingerprint density at radius 1 is 1.50 bits per heavy atom. The molecule has 1 fully saturated rings. The van der Waals surface area contributed by atoms with Crippen LogP contribution in [0.4, 0.5) is 0 Å². The lowest BCUT2D eigenvalue weighted by molar-refractivity contribution is -0.121. The van der Waals surface area contributed by atoms with Crippen LogP contribution in [0.1, 0.15) is 12.8 Å². The van der Waals surface area contributed by atoms with Gasteiger partial charge in [0.05, 0.1) is 18.1 Å². The molecule has 100 valence electrons. The molecule has 1 amide bonds. The predicted molar refractivity (Wildman–Crippen MR) is 66.6 cm³/mol. The van der Waals surface area contributed by atoms with Gasteiger partial charge in [0, 0.05) is 25.4 Å². The van der Waals surface area contributed by atoms with Crippen LogP contribution in [0.3, 0.4) is 0 Å². The van der Waals surface area contributed by atoms with Crippen molar-refractivity contribution in [2.75, 3.05) is 18.1 Å². The molecular weight excluding hydrogens is 254 g/mol. The molecule has 1 aromatic rings. The Morgan fingerprint density at radius 2 is 2.33 bits per heavy atom. The van der Waals surface area contributed by atoms with Crippen molar-refractivity contribution >= 4 is 15.7 Å². The molecule has 1 unspecified atom stereocenters. The SMILES string of the molecule is O=C(CC1CCS(=O)(=O)C1)NCCn1cccn1. The number of carbonyl (C=O) groups excluding carboxylic acids is 1. The summed E-state index contributed by atoms with van der Waals surface area (Å²) in [4.78, 5) is 11.6. The van der Waals surface area contributed by atoms with Crippen LogP contribution in [0.5, 0.6) is 0 Å². The van der Waals surface area contributed by atoms with Crippen molar-refractivity contribution in [2.24, 2.45) is 5.92 Å². The molecule has 1 atom stereocenters. The van der Waals surface area contributed by atoms with Crippen LogP contribution in [0.25, 0.3) is 0 Å². The molecule has 0 spiro atoms. The fourth-order valence-electron chi connectivity index (χ4n) is 2.11. The van der Waals surface area contributed by atoms with Gasteiger partial charge in [0.2, 0.25) is 5.91 Å². The summed E-state index contributed by atoms with van der Waals surface area (Å²) in [6.45, 7) is 1.14. The second-order valence-corrected chi connectivity index (χ2v) is 6.82. The highest BCUT2D eigenvalue weighted by molar-refractivity contribution is 7.91. The van der Waals surface area contributed by atoms with Crippen LogP contribution in [-0.4, -0.2) is 42.2 Å². The van der Waals surface area contributed by atoms with Gasteiger partial charge in [-0.2, -0.15) is 5.10 Å². The summed E-state index contributed by atoms with van der Waals surface area (Å²) in [5.74, 6) is 0.279. The molecule has 1 aliphatic heterocycles. The number of nitrogens with zero attached hydrogens (tertiary/aromatic N) is 2. The van der Waals surface area contributed by atoms with Gasteiger partial charge >= 0.3 is 0 Å². The number of hydrogen-bond acceptors (Lipinski definition) is 4. The average Bonchev–Trinajstić information content (AvgIpc) is 2.88. The monoisotopic (exact) mass is 271 g/mol. The van der Waals surface area contributed by atoms with Gasteiger partial charge in [-0.15, -0.1) is 0 Å². The van der Waals surface area contributed by atoms with Crippen molar-refractivity contribution in [3.8, 4) is 0 Å². The highest BCUT2D eigenvalue weighted by Gasteiger charge is 2.29. The molecule has 18 heavy (non-hydrogen) atoms. The van der Waals surface area contributed by atoms with E-state index in [1.54, 1.807) is 10.9 Å². The smallest absolute Gasteiger partial charge is 0.220 e. The molecule has 1 aliphatic rings. The third-order valence-electron chi connectivity index (χ3n) is 3.02. The number of aromatic nitrogens is 2. The highest BCUT2D eigenvalue weighted by atomic mass is 32.2. The van der Waals surface area contributed by atoms with E-state index in [0.29, 0.717) is 25.9 Å². The largest absolute Gasteiger partial charge is 0.354 e. The zero-order chi connectivity index (χ0) is 13.0. The first kappa shape index (κ1) is 13.1. The topological polar surface area (TPSA) is 81.1 Å². The Bertz CT molecular complexity index is 496. The molecule has 0 bridgehead atoms. The molecule has 0 aromatic carbocycles. The van der Waals surface area contributed by atoms with Crippen LogP contribution < -0.4 is 5.32 Å². The first-order valence-corrected chi connectivity index (χ1v) is 7.82. The summed E-state index contributed by atoms with van der Waals surface area (Å²) in [6.07, 6.45) is 4.42. The summed E-state index contributed by atoms with van der Waals surface area (Å²) in [5.41, 5.74) is 0. The molecule has 0 radical (unpaired) electrons. The third-order valence-corrected chi connectivity index (χ3v) is 4.86. The minimum atomic E-state index is -2.89. The Hall–Kier alpha value is -1.37. The van der Waals surface area contributed by atoms with Gasteiger partial charge in [0.15, 0.2) is 9.84 Å². The second-order valence-electron chi connectivity index (χ2n) is 4.59. The van der Waals surface area contributed by atoms with Gasteiger partial charge < -0.3 is 5.32 Å². The zero-order valence-corrected chi connectivity index (χ0v) is 10.9. The maximum absolute atomic E-state index is 11.6. The number of nitrogens with one attached hydrogen (secondary N) is 1. The first-order valence-electron chi connectivity index (χ1n) is 6.00. The van der Waals surface area contributed by atoms with Crippen LogP contribution in [0.15, 0.2) is 18.5 Å². The second kappa shape index (κ2) is 5.51. The molecule has 1 saturated heterocycles. The predicted octanol–water partition coefficient (Wildman–Crippen LogP) is -0.176. The minimum Gasteiger partial charge on any atom is -0.354 e. The average molecular weight is 271 g/mol. The Morgan fingerprint density at radius 3 is 2.94 bits per heavy atom. The summed E-state index contributed by atoms with van der Waals surface area (Å²) >= 11 is 0. The molecular formula is C11H17N3O3S. The van der Waals surface area contributed by atoms with Crippen molar-refractivity contribution in [1.82, 2.24) is 15.1 Å². The van der Waals surface area contributed by atoms with Gasteiger partial charge in [-0.3, -0.25) is 9.48 Å². The molecule has 0 aliphatic carbocycles. The van der Waals surface area contributed by atoms with Crippen molar-refractivity contribution in [2.45, 2.75) is 19.4 Å². The van der Waals surface area contributed by atoms with E-state index in [1.165, 1.54) is 0 Å². The van der Waals surface area contributed by atoms with Gasteiger partial charge in [-0.25, -0.2) is 8.42 Å². The lowest BCUT2D eigenvalue weighted by Gasteiger charge is -2.08. The van der Waals surface area contributed by atoms with E-state index in [4.69, 9.17) is 0 Å². The quantitative estimate of drug-likeness (QED) is 0.806. The molecule has 1 N–H and O–H groups in total. The maximum Gasteiger partial charge on any atom is 0.220 e. The van der Waals surface area contributed by atoms with Crippen molar-refractivity contribution in [1.29, 1.82) is 0 Å². The van der Waals surface area contributed by atoms with Crippen molar-refractivity contribution in [3.63, 3.8) is 0 Å². The Balaban J connectivity index is 1.67. The van der Waals surface area contributed by atoms with Crippen molar-refractivity contribution in [3.05, 3.63) is 18.5 Å². The summed E-state index contributed by atoms with van der Waals surface area (Å²) in [6, 6.07) is 1.82. The number of carbonyl (C=O) groups is 1. The van der Waals surface area contributed by atoms with E-state index >= 15 is 0 Å². The lowest BCUT2D eigenvalue weighted by Crippen LogP contribution is -2.29. The van der Waals surface area contributed by atoms with Gasteiger partial charge in [0.1, 0.15) is 0 Å². The molecule has 2 heterocycles. The van der Waals surface area contributed by atoms with E-state index in [1.807, 2.05) is 12.3 Å². The fourth-order valence-corrected chi connectivity index (χ4v) is 3.97. The summed E-state index contributed by atoms with van der Waals surface area (Å²) in [5, 5.41) is 6.80. The first-order chi connectivity index (χ1) is 8.55. The van der Waals surface area contributed by atoms with Crippen LogP contribution in [-0.2, 0) is 21.2 Å². The minimum absolute atomic E-state index is 0.0142. The maximum atomic E-state index is 11.6. The fraction of sp³-hybridized carbons (Fsp3) is 0.636. The highest BCUT2D eigenvalue weighted by Crippen LogP contribution is 2.21. The standard InChI is InChI=1S/C11H17N3O3S/c15-11(8-10-2-7-18(16,17)9-10)12-4-6-14-5-1-3-13-14/h1,3,5,10H,2,4,6-9H2,(H,12,15). The normalized spacial score (nSPS) is 21.9. The molecule has 1 aromatic heterocycles. The molecule has 7 heteroatoms. The van der Waals surface area contributed by atoms with E-state index < -0.39 is 9.84 Å². The van der Waals surface area contributed by atoms with Gasteiger partial charge in [-0.1, -0.05) is 0 Å². The molecule has 0 saturated carbocycles. The van der Waals surface area contributed by atoms with Gasteiger partial charge in [-0.05, 0) is 18.4 Å². The number of hydrogen-bond donors (Lipinski definition) is 1. The third kappa shape index (κ3) is 3.83. The molecule has 2 rings (SSSR count). The number of amides is 1. The van der Waals surface area contributed by atoms with E-state index in [-0.39, 0.29) is 23.3 Å². The van der Waals surface area contributed by atoms with Crippen molar-refractivity contribution < 1.29 is 13.2 Å². The Labute approximate surface area is 106 Å². The van der Waals surface area contributed by atoms with Crippen LogP contribution in [0, 0.1) is 5.92 Å². The summed E-state index contributed by atoms with van der Waals surface area (Å²) in [7, 11) is -2.89. The van der Waals surface area contributed by atoms with Gasteiger partial charge in [0.25, 0.3) is 0 Å². The van der Waals surface area contributed by atoms with Crippen LogP contribution >= 0.6 is 0 Å². The van der Waals surface area contributed by atoms with E-state index in [9.17, 15) is 13.2 Å². The zero-order valence-electron chi connectivity index (χ0n) is 10.1. The summed E-state index contributed by atoms with van der Waals surface area (Å²) < 4.78 is 24.2. The number of sulfone groups is 1. The number of rotatable bonds is 5. The van der Waals surface area contributed by atoms with E-state index in [2.05, 4.69) is 10.4 Å². The Kier molecular flexibility index (Phi) is 4.00. The molecule has 6 nitrogen and oxygen atoms in total. The van der Waals surface area contributed by atoms with Crippen LogP contribution in [0.2, 0.25) is 0 Å². The van der Waals surface area contributed by atoms with E-state index in [0.717, 1.165) is 0 Å².